The molecule has 0 aromatic heterocycles. The van der Waals surface area contributed by atoms with E-state index in [0.29, 0.717) is 12.3 Å². The van der Waals surface area contributed by atoms with Crippen molar-refractivity contribution in [1.29, 1.82) is 5.41 Å². The molecule has 2 heterocycles. The van der Waals surface area contributed by atoms with Crippen LogP contribution in [0.1, 0.15) is 27.2 Å². The molecule has 0 bridgehead atoms. The SMILES string of the molecule is CC(=O)C1CC2C(=O)C(C)C(C)=NC2=NC1=N. The largest absolute Gasteiger partial charge is 0.299 e. The van der Waals surface area contributed by atoms with E-state index < -0.39 is 11.8 Å². The second-order valence-electron chi connectivity index (χ2n) is 4.68. The van der Waals surface area contributed by atoms with Crippen LogP contribution in [0.5, 0.6) is 0 Å². The quantitative estimate of drug-likeness (QED) is 0.739. The zero-order chi connectivity index (χ0) is 12.7. The minimum Gasteiger partial charge on any atom is -0.299 e. The van der Waals surface area contributed by atoms with Crippen molar-refractivity contribution >= 4 is 28.9 Å². The minimum absolute atomic E-state index is 0.0302. The highest BCUT2D eigenvalue weighted by Crippen LogP contribution is 2.29. The van der Waals surface area contributed by atoms with Crippen molar-refractivity contribution in [3.05, 3.63) is 0 Å². The first-order valence-corrected chi connectivity index (χ1v) is 5.68. The van der Waals surface area contributed by atoms with Crippen LogP contribution in [-0.2, 0) is 9.59 Å². The van der Waals surface area contributed by atoms with Crippen LogP contribution in [0.2, 0.25) is 0 Å². The van der Waals surface area contributed by atoms with Crippen molar-refractivity contribution in [1.82, 2.24) is 0 Å². The average Bonchev–Trinajstić information content (AvgIpc) is 2.25. The van der Waals surface area contributed by atoms with E-state index in [1.165, 1.54) is 6.92 Å². The number of hydrogen-bond acceptors (Lipinski definition) is 4. The van der Waals surface area contributed by atoms with Gasteiger partial charge in [-0.1, -0.05) is 6.92 Å². The van der Waals surface area contributed by atoms with E-state index in [4.69, 9.17) is 5.41 Å². The maximum absolute atomic E-state index is 12.1. The number of amidine groups is 2. The summed E-state index contributed by atoms with van der Waals surface area (Å²) in [5.74, 6) is -0.765. The molecule has 1 N–H and O–H groups in total. The second kappa shape index (κ2) is 3.98. The fourth-order valence-corrected chi connectivity index (χ4v) is 2.22. The van der Waals surface area contributed by atoms with Crippen LogP contribution in [0.15, 0.2) is 9.98 Å². The van der Waals surface area contributed by atoms with Gasteiger partial charge in [-0.15, -0.1) is 0 Å². The highest BCUT2D eigenvalue weighted by Gasteiger charge is 2.40. The van der Waals surface area contributed by atoms with Gasteiger partial charge in [-0.3, -0.25) is 15.0 Å². The summed E-state index contributed by atoms with van der Waals surface area (Å²) in [5, 5.41) is 7.69. The molecule has 3 atom stereocenters. The number of nitrogens with one attached hydrogen (secondary N) is 1. The topological polar surface area (TPSA) is 82.7 Å². The summed E-state index contributed by atoms with van der Waals surface area (Å²) in [4.78, 5) is 31.8. The molecular weight excluding hydrogens is 218 g/mol. The van der Waals surface area contributed by atoms with Crippen LogP contribution in [0.4, 0.5) is 0 Å². The molecule has 90 valence electrons. The summed E-state index contributed by atoms with van der Waals surface area (Å²) in [6.07, 6.45) is 0.354. The molecule has 0 aromatic rings. The molecule has 5 nitrogen and oxygen atoms in total. The van der Waals surface area contributed by atoms with Gasteiger partial charge >= 0.3 is 0 Å². The smallest absolute Gasteiger partial charge is 0.151 e. The lowest BCUT2D eigenvalue weighted by atomic mass is 9.78. The zero-order valence-corrected chi connectivity index (χ0v) is 10.2. The number of carbonyl (C=O) groups is 2. The highest BCUT2D eigenvalue weighted by atomic mass is 16.1. The fourth-order valence-electron chi connectivity index (χ4n) is 2.22. The third-order valence-corrected chi connectivity index (χ3v) is 3.53. The summed E-state index contributed by atoms with van der Waals surface area (Å²) in [6.45, 7) is 5.05. The number of fused-ring (bicyclic) bond motifs is 1. The van der Waals surface area contributed by atoms with E-state index in [9.17, 15) is 9.59 Å². The van der Waals surface area contributed by atoms with Crippen molar-refractivity contribution in [2.45, 2.75) is 27.2 Å². The molecule has 3 unspecified atom stereocenters. The number of ketones is 2. The number of hydrogen-bond donors (Lipinski definition) is 1. The maximum atomic E-state index is 12.1. The van der Waals surface area contributed by atoms with E-state index in [-0.39, 0.29) is 23.3 Å². The molecule has 0 saturated carbocycles. The molecule has 2 rings (SSSR count). The summed E-state index contributed by atoms with van der Waals surface area (Å²) >= 11 is 0. The van der Waals surface area contributed by atoms with Crippen LogP contribution in [0.25, 0.3) is 0 Å². The maximum Gasteiger partial charge on any atom is 0.151 e. The lowest BCUT2D eigenvalue weighted by molar-refractivity contribution is -0.123. The molecule has 0 amide bonds. The molecule has 0 radical (unpaired) electrons. The highest BCUT2D eigenvalue weighted by molar-refractivity contribution is 6.24. The molecule has 0 fully saturated rings. The van der Waals surface area contributed by atoms with Gasteiger partial charge in [0, 0.05) is 5.71 Å². The lowest BCUT2D eigenvalue weighted by Gasteiger charge is -2.30. The first-order valence-electron chi connectivity index (χ1n) is 5.68. The first-order chi connectivity index (χ1) is 7.91. The number of nitrogens with zero attached hydrogens (tertiary/aromatic N) is 2. The van der Waals surface area contributed by atoms with Gasteiger partial charge in [-0.05, 0) is 20.3 Å². The summed E-state index contributed by atoms with van der Waals surface area (Å²) in [7, 11) is 0. The Morgan fingerprint density at radius 1 is 1.41 bits per heavy atom. The monoisotopic (exact) mass is 233 g/mol. The standard InChI is InChI=1S/C12H15N3O2/c1-5-6(2)14-12-9(10(5)17)4-8(7(3)16)11(13)15-12/h5,8-9,13H,4H2,1-3H3. The van der Waals surface area contributed by atoms with Crippen LogP contribution in [-0.4, -0.2) is 28.9 Å². The van der Waals surface area contributed by atoms with Gasteiger partial charge in [0.1, 0.15) is 17.5 Å². The van der Waals surface area contributed by atoms with Gasteiger partial charge in [0.2, 0.25) is 0 Å². The van der Waals surface area contributed by atoms with Gasteiger partial charge in [0.25, 0.3) is 0 Å². The lowest BCUT2D eigenvalue weighted by Crippen LogP contribution is -2.42. The molecular formula is C12H15N3O2. The van der Waals surface area contributed by atoms with Crippen molar-refractivity contribution in [2.24, 2.45) is 27.7 Å². The molecule has 0 aromatic carbocycles. The van der Waals surface area contributed by atoms with Gasteiger partial charge in [-0.25, -0.2) is 9.98 Å². The van der Waals surface area contributed by atoms with E-state index in [1.54, 1.807) is 6.92 Å². The minimum atomic E-state index is -0.548. The first kappa shape index (κ1) is 11.8. The van der Waals surface area contributed by atoms with Gasteiger partial charge in [0.15, 0.2) is 5.78 Å². The van der Waals surface area contributed by atoms with E-state index >= 15 is 0 Å². The Labute approximate surface area is 99.5 Å². The summed E-state index contributed by atoms with van der Waals surface area (Å²) in [6, 6.07) is 0. The van der Waals surface area contributed by atoms with Crippen molar-refractivity contribution in [3.63, 3.8) is 0 Å². The van der Waals surface area contributed by atoms with Crippen LogP contribution in [0.3, 0.4) is 0 Å². The third-order valence-electron chi connectivity index (χ3n) is 3.53. The number of Topliss-reactive ketones (excluding diaryl/α,β-unsaturated/α-hetero) is 2. The third kappa shape index (κ3) is 1.85. The number of rotatable bonds is 1. The molecule has 0 saturated heterocycles. The summed E-state index contributed by atoms with van der Waals surface area (Å²) in [5.41, 5.74) is 0.735. The molecule has 2 aliphatic heterocycles. The molecule has 17 heavy (non-hydrogen) atoms. The Kier molecular flexibility index (Phi) is 2.77. The van der Waals surface area contributed by atoms with Gasteiger partial charge in [-0.2, -0.15) is 0 Å². The Balaban J connectivity index is 2.43. The van der Waals surface area contributed by atoms with Crippen LogP contribution < -0.4 is 0 Å². The Bertz CT molecular complexity index is 476. The number of carbonyl (C=O) groups excluding carboxylic acids is 2. The predicted octanol–water partition coefficient (Wildman–Crippen LogP) is 1.27. The fraction of sp³-hybridized carbons (Fsp3) is 0.583. The van der Waals surface area contributed by atoms with Crippen LogP contribution in [0, 0.1) is 23.2 Å². The van der Waals surface area contributed by atoms with Crippen molar-refractivity contribution in [3.8, 4) is 0 Å². The Hall–Kier alpha value is -1.65. The molecule has 0 aliphatic carbocycles. The van der Waals surface area contributed by atoms with Gasteiger partial charge in [0.05, 0.1) is 17.8 Å². The average molecular weight is 233 g/mol. The van der Waals surface area contributed by atoms with Gasteiger partial charge < -0.3 is 0 Å². The van der Waals surface area contributed by atoms with E-state index in [0.717, 1.165) is 5.71 Å². The Morgan fingerprint density at radius 2 is 2.06 bits per heavy atom. The second-order valence-corrected chi connectivity index (χ2v) is 4.68. The van der Waals surface area contributed by atoms with Crippen molar-refractivity contribution < 1.29 is 9.59 Å². The zero-order valence-electron chi connectivity index (χ0n) is 10.2. The number of aliphatic imine (C=N–C) groups is 2. The molecule has 5 heteroatoms. The van der Waals surface area contributed by atoms with E-state index in [1.807, 2.05) is 6.92 Å². The molecule has 0 spiro atoms. The normalized spacial score (nSPS) is 32.8. The van der Waals surface area contributed by atoms with E-state index in [2.05, 4.69) is 9.98 Å². The molecule has 2 aliphatic rings. The van der Waals surface area contributed by atoms with Crippen molar-refractivity contribution in [2.75, 3.05) is 0 Å². The van der Waals surface area contributed by atoms with Crippen LogP contribution >= 0.6 is 0 Å². The predicted molar refractivity (Wildman–Crippen MR) is 64.7 cm³/mol. The summed E-state index contributed by atoms with van der Waals surface area (Å²) < 4.78 is 0. The Morgan fingerprint density at radius 3 is 2.65 bits per heavy atom.